The van der Waals surface area contributed by atoms with Gasteiger partial charge < -0.3 is 0 Å². The Morgan fingerprint density at radius 1 is 1.18 bits per heavy atom. The van der Waals surface area contributed by atoms with E-state index in [-0.39, 0.29) is 0 Å². The fraction of sp³-hybridized carbons (Fsp3) is 0.545. The van der Waals surface area contributed by atoms with Crippen molar-refractivity contribution in [2.24, 2.45) is 0 Å². The summed E-state index contributed by atoms with van der Waals surface area (Å²) < 4.78 is 0. The number of hydrogen-bond donors (Lipinski definition) is 0. The normalized spacial score (nSPS) is 8.55. The van der Waals surface area contributed by atoms with Crippen molar-refractivity contribution in [3.63, 3.8) is 0 Å². The van der Waals surface area contributed by atoms with E-state index in [2.05, 4.69) is 44.9 Å². The summed E-state index contributed by atoms with van der Waals surface area (Å²) in [7, 11) is 0. The Morgan fingerprint density at radius 2 is 1.73 bits per heavy atom. The van der Waals surface area contributed by atoms with Crippen molar-refractivity contribution in [1.29, 1.82) is 0 Å². The predicted octanol–water partition coefficient (Wildman–Crippen LogP) is 4.10. The van der Waals surface area contributed by atoms with Gasteiger partial charge in [0.15, 0.2) is 0 Å². The summed E-state index contributed by atoms with van der Waals surface area (Å²) >= 11 is 0. The number of hydrogen-bond acceptors (Lipinski definition) is 0. The molecule has 0 aromatic rings. The fourth-order valence-corrected chi connectivity index (χ4v) is 0.606. The molecule has 0 aliphatic heterocycles. The van der Waals surface area contributed by atoms with Gasteiger partial charge in [0.25, 0.3) is 0 Å². The molecule has 0 saturated heterocycles. The number of allylic oxidation sites excluding steroid dienone is 2. The molecule has 0 aromatic carbocycles. The van der Waals surface area contributed by atoms with Gasteiger partial charge in [-0.15, -0.1) is 5.73 Å². The summed E-state index contributed by atoms with van der Waals surface area (Å²) in [5.41, 5.74) is 2.25. The maximum atomic E-state index is 3.12. The van der Waals surface area contributed by atoms with Crippen molar-refractivity contribution in [3.05, 3.63) is 31.0 Å². The van der Waals surface area contributed by atoms with Gasteiger partial charge >= 0.3 is 0 Å². The Hall–Kier alpha value is -0.740. The Kier molecular flexibility index (Phi) is 18.9. The first-order valence-corrected chi connectivity index (χ1v) is 4.27. The molecule has 0 heterocycles. The van der Waals surface area contributed by atoms with E-state index < -0.39 is 0 Å². The van der Waals surface area contributed by atoms with Crippen molar-refractivity contribution in [1.82, 2.24) is 0 Å². The van der Waals surface area contributed by atoms with Gasteiger partial charge in [0.2, 0.25) is 0 Å². The SMILES string of the molecule is C=C=C.CCC=CCCCC. The largest absolute Gasteiger partial charge is 0.137 e. The van der Waals surface area contributed by atoms with Crippen LogP contribution in [0.15, 0.2) is 31.0 Å². The van der Waals surface area contributed by atoms with Crippen molar-refractivity contribution in [3.8, 4) is 0 Å². The van der Waals surface area contributed by atoms with Crippen LogP contribution in [0.2, 0.25) is 0 Å². The first kappa shape index (κ1) is 12.9. The van der Waals surface area contributed by atoms with Gasteiger partial charge in [0.05, 0.1) is 0 Å². The minimum atomic E-state index is 1.18. The molecule has 0 nitrogen and oxygen atoms in total. The van der Waals surface area contributed by atoms with Crippen LogP contribution in [0.1, 0.15) is 39.5 Å². The second-order valence-electron chi connectivity index (χ2n) is 2.27. The third-order valence-corrected chi connectivity index (χ3v) is 1.13. The van der Waals surface area contributed by atoms with Gasteiger partial charge in [-0.1, -0.05) is 52.0 Å². The van der Waals surface area contributed by atoms with Gasteiger partial charge in [-0.05, 0) is 12.8 Å². The lowest BCUT2D eigenvalue weighted by atomic mass is 10.2. The van der Waals surface area contributed by atoms with Crippen LogP contribution in [-0.4, -0.2) is 0 Å². The van der Waals surface area contributed by atoms with Crippen LogP contribution in [-0.2, 0) is 0 Å². The summed E-state index contributed by atoms with van der Waals surface area (Å²) in [5, 5.41) is 0. The Bertz CT molecular complexity index is 103. The molecule has 0 rings (SSSR count). The van der Waals surface area contributed by atoms with E-state index in [1.165, 1.54) is 25.7 Å². The number of unbranched alkanes of at least 4 members (excludes halogenated alkanes) is 2. The molecular weight excluding hydrogens is 132 g/mol. The monoisotopic (exact) mass is 152 g/mol. The number of rotatable bonds is 4. The fourth-order valence-electron chi connectivity index (χ4n) is 0.606. The molecule has 0 aromatic heterocycles. The average molecular weight is 152 g/mol. The molecule has 64 valence electrons. The zero-order valence-electron chi connectivity index (χ0n) is 7.90. The first-order valence-electron chi connectivity index (χ1n) is 4.27. The van der Waals surface area contributed by atoms with Crippen LogP contribution in [0, 0.1) is 0 Å². The molecule has 0 spiro atoms. The molecule has 0 atom stereocenters. The van der Waals surface area contributed by atoms with Crippen LogP contribution in [0.25, 0.3) is 0 Å². The van der Waals surface area contributed by atoms with Crippen LogP contribution < -0.4 is 0 Å². The molecule has 0 aliphatic rings. The van der Waals surface area contributed by atoms with Crippen LogP contribution in [0.5, 0.6) is 0 Å². The second-order valence-corrected chi connectivity index (χ2v) is 2.27. The topological polar surface area (TPSA) is 0 Å². The Labute approximate surface area is 71.3 Å². The minimum Gasteiger partial charge on any atom is -0.137 e. The summed E-state index contributed by atoms with van der Waals surface area (Å²) in [6, 6.07) is 0. The predicted molar refractivity (Wildman–Crippen MR) is 53.7 cm³/mol. The van der Waals surface area contributed by atoms with Crippen LogP contribution in [0.4, 0.5) is 0 Å². The van der Waals surface area contributed by atoms with Crippen molar-refractivity contribution < 1.29 is 0 Å². The molecule has 0 heteroatoms. The van der Waals surface area contributed by atoms with E-state index in [4.69, 9.17) is 0 Å². The highest BCUT2D eigenvalue weighted by Crippen LogP contribution is 1.94. The van der Waals surface area contributed by atoms with Gasteiger partial charge in [0.1, 0.15) is 0 Å². The van der Waals surface area contributed by atoms with E-state index in [0.29, 0.717) is 0 Å². The van der Waals surface area contributed by atoms with Gasteiger partial charge in [-0.2, -0.15) is 0 Å². The minimum absolute atomic E-state index is 1.18. The second kappa shape index (κ2) is 16.1. The molecule has 0 bridgehead atoms. The highest BCUT2D eigenvalue weighted by molar-refractivity contribution is 4.79. The lowest BCUT2D eigenvalue weighted by Crippen LogP contribution is -1.65. The molecule has 0 unspecified atom stereocenters. The third kappa shape index (κ3) is 26.9. The Morgan fingerprint density at radius 3 is 2.09 bits per heavy atom. The van der Waals surface area contributed by atoms with Crippen molar-refractivity contribution in [2.45, 2.75) is 39.5 Å². The van der Waals surface area contributed by atoms with Crippen molar-refractivity contribution in [2.75, 3.05) is 0 Å². The molecule has 0 saturated carbocycles. The maximum absolute atomic E-state index is 3.12. The van der Waals surface area contributed by atoms with Crippen molar-refractivity contribution >= 4 is 0 Å². The van der Waals surface area contributed by atoms with E-state index in [1.54, 1.807) is 0 Å². The average Bonchev–Trinajstić information content (AvgIpc) is 2.00. The molecule has 0 amide bonds. The highest BCUT2D eigenvalue weighted by Gasteiger charge is 1.74. The summed E-state index contributed by atoms with van der Waals surface area (Å²) in [4.78, 5) is 0. The molecule has 0 N–H and O–H groups in total. The zero-order chi connectivity index (χ0) is 8.95. The quantitative estimate of drug-likeness (QED) is 0.323. The van der Waals surface area contributed by atoms with E-state index in [9.17, 15) is 0 Å². The lowest BCUT2D eigenvalue weighted by Gasteiger charge is -1.85. The molecule has 0 radical (unpaired) electrons. The Balaban J connectivity index is 0. The van der Waals surface area contributed by atoms with E-state index in [1.807, 2.05) is 0 Å². The van der Waals surface area contributed by atoms with E-state index >= 15 is 0 Å². The summed E-state index contributed by atoms with van der Waals surface area (Å²) in [6.07, 6.45) is 9.61. The smallest absolute Gasteiger partial charge is 0.0351 e. The zero-order valence-corrected chi connectivity index (χ0v) is 7.90. The maximum Gasteiger partial charge on any atom is -0.0351 e. The third-order valence-electron chi connectivity index (χ3n) is 1.13. The lowest BCUT2D eigenvalue weighted by molar-refractivity contribution is 0.812. The van der Waals surface area contributed by atoms with Gasteiger partial charge in [0, 0.05) is 0 Å². The van der Waals surface area contributed by atoms with E-state index in [0.717, 1.165) is 0 Å². The van der Waals surface area contributed by atoms with Crippen LogP contribution >= 0.6 is 0 Å². The standard InChI is InChI=1S/C8H16.C3H4/c1-3-5-7-8-6-4-2;1-3-2/h5,7H,3-4,6,8H2,1-2H3;1-2H2. The highest BCUT2D eigenvalue weighted by atomic mass is 13.8. The first-order chi connectivity index (χ1) is 5.33. The molecule has 0 aliphatic carbocycles. The van der Waals surface area contributed by atoms with Gasteiger partial charge in [-0.25, -0.2) is 0 Å². The summed E-state index contributed by atoms with van der Waals surface area (Å²) in [6.45, 7) is 10.6. The van der Waals surface area contributed by atoms with Gasteiger partial charge in [-0.3, -0.25) is 0 Å². The summed E-state index contributed by atoms with van der Waals surface area (Å²) in [5.74, 6) is 0. The molecular formula is C11H20. The molecule has 0 fully saturated rings. The molecule has 11 heavy (non-hydrogen) atoms. The van der Waals surface area contributed by atoms with Crippen LogP contribution in [0.3, 0.4) is 0 Å².